The molecule has 1 aromatic carbocycles. The smallest absolute Gasteiger partial charge is 0.229 e. The summed E-state index contributed by atoms with van der Waals surface area (Å²) in [7, 11) is 1.59. The van der Waals surface area contributed by atoms with Crippen LogP contribution in [0.3, 0.4) is 0 Å². The quantitative estimate of drug-likeness (QED) is 0.845. The van der Waals surface area contributed by atoms with Crippen LogP contribution in [0, 0.1) is 12.8 Å². The van der Waals surface area contributed by atoms with E-state index in [9.17, 15) is 4.79 Å². The van der Waals surface area contributed by atoms with E-state index in [-0.39, 0.29) is 11.8 Å². The molecule has 1 fully saturated rings. The summed E-state index contributed by atoms with van der Waals surface area (Å²) in [6.07, 6.45) is 1.79. The van der Waals surface area contributed by atoms with Crippen LogP contribution in [0.1, 0.15) is 18.5 Å². The first-order valence-corrected chi connectivity index (χ1v) is 9.05. The lowest BCUT2D eigenvalue weighted by molar-refractivity contribution is -0.120. The number of nitrogens with one attached hydrogen (secondary N) is 1. The minimum Gasteiger partial charge on any atom is -0.481 e. The second kappa shape index (κ2) is 7.82. The Morgan fingerprint density at radius 2 is 2.08 bits per heavy atom. The van der Waals surface area contributed by atoms with Gasteiger partial charge in [0.1, 0.15) is 0 Å². The number of hydrogen-bond acceptors (Lipinski definition) is 5. The average Bonchev–Trinajstić information content (AvgIpc) is 2.63. The third-order valence-corrected chi connectivity index (χ3v) is 4.74. The second-order valence-corrected chi connectivity index (χ2v) is 7.05. The molecule has 2 heterocycles. The maximum Gasteiger partial charge on any atom is 0.229 e. The molecule has 0 unspecified atom stereocenters. The number of carbonyl (C=O) groups excluding carboxylic acids is 1. The second-order valence-electron chi connectivity index (χ2n) is 6.13. The Kier molecular flexibility index (Phi) is 5.53. The van der Waals surface area contributed by atoms with Crippen LogP contribution in [0.15, 0.2) is 34.8 Å². The number of halogens is 1. The Hall–Kier alpha value is -2.15. The van der Waals surface area contributed by atoms with Crippen molar-refractivity contribution in [3.05, 3.63) is 40.5 Å². The van der Waals surface area contributed by atoms with Crippen molar-refractivity contribution in [2.45, 2.75) is 19.8 Å². The minimum atomic E-state index is -0.0903. The van der Waals surface area contributed by atoms with Crippen LogP contribution in [0.4, 0.5) is 11.6 Å². The van der Waals surface area contributed by atoms with E-state index in [1.54, 1.807) is 13.2 Å². The van der Waals surface area contributed by atoms with Crippen molar-refractivity contribution >= 4 is 33.5 Å². The number of ether oxygens (including phenoxy) is 1. The van der Waals surface area contributed by atoms with E-state index in [0.29, 0.717) is 18.4 Å². The first-order valence-electron chi connectivity index (χ1n) is 8.26. The minimum absolute atomic E-state index is 0.0339. The van der Waals surface area contributed by atoms with Gasteiger partial charge in [-0.1, -0.05) is 15.9 Å². The monoisotopic (exact) mass is 404 g/mol. The first kappa shape index (κ1) is 17.7. The molecule has 1 saturated heterocycles. The van der Waals surface area contributed by atoms with Crippen LogP contribution in [-0.2, 0) is 4.79 Å². The molecule has 0 spiro atoms. The fourth-order valence-electron chi connectivity index (χ4n) is 2.92. The van der Waals surface area contributed by atoms with Crippen LogP contribution in [-0.4, -0.2) is 36.1 Å². The predicted octanol–water partition coefficient (Wildman–Crippen LogP) is 3.41. The maximum absolute atomic E-state index is 12.6. The van der Waals surface area contributed by atoms with Crippen molar-refractivity contribution in [1.29, 1.82) is 0 Å². The lowest BCUT2D eigenvalue weighted by Crippen LogP contribution is -2.41. The van der Waals surface area contributed by atoms with Gasteiger partial charge in [0.25, 0.3) is 0 Å². The summed E-state index contributed by atoms with van der Waals surface area (Å²) in [4.78, 5) is 23.6. The summed E-state index contributed by atoms with van der Waals surface area (Å²) in [5.74, 6) is 1.11. The Morgan fingerprint density at radius 3 is 2.80 bits per heavy atom. The zero-order valence-corrected chi connectivity index (χ0v) is 15.9. The molecule has 0 radical (unpaired) electrons. The molecule has 1 aliphatic heterocycles. The summed E-state index contributed by atoms with van der Waals surface area (Å²) in [6.45, 7) is 3.36. The summed E-state index contributed by atoms with van der Waals surface area (Å²) < 4.78 is 6.21. The molecule has 6 nitrogen and oxygen atoms in total. The Labute approximate surface area is 155 Å². The van der Waals surface area contributed by atoms with Crippen molar-refractivity contribution in [3.8, 4) is 5.88 Å². The molecular weight excluding hydrogens is 384 g/mol. The van der Waals surface area contributed by atoms with Crippen molar-refractivity contribution in [1.82, 2.24) is 9.97 Å². The lowest BCUT2D eigenvalue weighted by atomic mass is 9.97. The standard InChI is InChI=1S/C18H21BrN4O2/c1-12-10-16(25-2)22-18(20-12)23-9-3-4-13(11-23)17(24)21-15-7-5-14(19)6-8-15/h5-8,10,13H,3-4,9,11H2,1-2H3,(H,21,24)/t13-/m0/s1. The zero-order valence-electron chi connectivity index (χ0n) is 14.3. The molecule has 1 aromatic heterocycles. The number of hydrogen-bond donors (Lipinski definition) is 1. The molecular formula is C18H21BrN4O2. The van der Waals surface area contributed by atoms with E-state index in [1.165, 1.54) is 0 Å². The number of piperidine rings is 1. The van der Waals surface area contributed by atoms with Gasteiger partial charge < -0.3 is 15.0 Å². The molecule has 1 N–H and O–H groups in total. The van der Waals surface area contributed by atoms with Gasteiger partial charge >= 0.3 is 0 Å². The lowest BCUT2D eigenvalue weighted by Gasteiger charge is -2.32. The SMILES string of the molecule is COc1cc(C)nc(N2CCC[C@H](C(=O)Nc3ccc(Br)cc3)C2)n1. The molecule has 3 rings (SSSR count). The summed E-state index contributed by atoms with van der Waals surface area (Å²) in [5.41, 5.74) is 1.65. The topological polar surface area (TPSA) is 67.3 Å². The van der Waals surface area contributed by atoms with Gasteiger partial charge in [-0.3, -0.25) is 4.79 Å². The highest BCUT2D eigenvalue weighted by atomic mass is 79.9. The summed E-state index contributed by atoms with van der Waals surface area (Å²) >= 11 is 3.40. The van der Waals surface area contributed by atoms with Gasteiger partial charge in [0.2, 0.25) is 17.7 Å². The normalized spacial score (nSPS) is 17.2. The number of aromatic nitrogens is 2. The molecule has 1 aliphatic rings. The molecule has 25 heavy (non-hydrogen) atoms. The van der Waals surface area contributed by atoms with Crippen molar-refractivity contribution in [2.75, 3.05) is 30.4 Å². The predicted molar refractivity (Wildman–Crippen MR) is 101 cm³/mol. The summed E-state index contributed by atoms with van der Waals surface area (Å²) in [6, 6.07) is 9.39. The molecule has 2 aromatic rings. The van der Waals surface area contributed by atoms with E-state index >= 15 is 0 Å². The van der Waals surface area contributed by atoms with Crippen LogP contribution in [0.2, 0.25) is 0 Å². The van der Waals surface area contributed by atoms with E-state index in [1.807, 2.05) is 31.2 Å². The van der Waals surface area contributed by atoms with E-state index in [0.717, 1.165) is 35.2 Å². The molecule has 0 aliphatic carbocycles. The van der Waals surface area contributed by atoms with Crippen molar-refractivity contribution in [2.24, 2.45) is 5.92 Å². The number of aryl methyl sites for hydroxylation is 1. The Morgan fingerprint density at radius 1 is 1.32 bits per heavy atom. The van der Waals surface area contributed by atoms with Crippen LogP contribution >= 0.6 is 15.9 Å². The molecule has 1 atom stereocenters. The first-order chi connectivity index (χ1) is 12.0. The fraction of sp³-hybridized carbons (Fsp3) is 0.389. The van der Waals surface area contributed by atoms with Gasteiger partial charge in [0.15, 0.2) is 0 Å². The number of methoxy groups -OCH3 is 1. The third-order valence-electron chi connectivity index (χ3n) is 4.21. The zero-order chi connectivity index (χ0) is 17.8. The molecule has 0 bridgehead atoms. The maximum atomic E-state index is 12.6. The van der Waals surface area contributed by atoms with Crippen LogP contribution in [0.25, 0.3) is 0 Å². The van der Waals surface area contributed by atoms with Gasteiger partial charge in [-0.05, 0) is 44.0 Å². The average molecular weight is 405 g/mol. The Balaban J connectivity index is 1.69. The highest BCUT2D eigenvalue weighted by Gasteiger charge is 2.27. The number of amides is 1. The summed E-state index contributed by atoms with van der Waals surface area (Å²) in [5, 5.41) is 2.99. The molecule has 0 saturated carbocycles. The van der Waals surface area contributed by atoms with E-state index in [2.05, 4.69) is 36.1 Å². The van der Waals surface area contributed by atoms with Gasteiger partial charge in [-0.15, -0.1) is 0 Å². The largest absolute Gasteiger partial charge is 0.481 e. The van der Waals surface area contributed by atoms with Crippen molar-refractivity contribution < 1.29 is 9.53 Å². The Bertz CT molecular complexity index is 751. The van der Waals surface area contributed by atoms with Crippen LogP contribution < -0.4 is 15.0 Å². The third kappa shape index (κ3) is 4.48. The highest BCUT2D eigenvalue weighted by molar-refractivity contribution is 9.10. The highest BCUT2D eigenvalue weighted by Crippen LogP contribution is 2.24. The molecule has 132 valence electrons. The molecule has 7 heteroatoms. The number of rotatable bonds is 4. The molecule has 1 amide bonds. The number of carbonyl (C=O) groups is 1. The van der Waals surface area contributed by atoms with Gasteiger partial charge in [-0.25, -0.2) is 4.98 Å². The fourth-order valence-corrected chi connectivity index (χ4v) is 3.19. The number of anilines is 2. The number of nitrogens with zero attached hydrogens (tertiary/aromatic N) is 3. The van der Waals surface area contributed by atoms with Crippen molar-refractivity contribution in [3.63, 3.8) is 0 Å². The van der Waals surface area contributed by atoms with E-state index < -0.39 is 0 Å². The van der Waals surface area contributed by atoms with E-state index in [4.69, 9.17) is 4.74 Å². The van der Waals surface area contributed by atoms with Gasteiger partial charge in [0, 0.05) is 35.0 Å². The van der Waals surface area contributed by atoms with Crippen LogP contribution in [0.5, 0.6) is 5.88 Å². The van der Waals surface area contributed by atoms with Gasteiger partial charge in [-0.2, -0.15) is 4.98 Å². The number of benzene rings is 1. The van der Waals surface area contributed by atoms with Gasteiger partial charge in [0.05, 0.1) is 13.0 Å².